The summed E-state index contributed by atoms with van der Waals surface area (Å²) in [6.45, 7) is 12.7. The fraction of sp³-hybridized carbons (Fsp3) is 1.00. The first-order valence-electron chi connectivity index (χ1n) is 7.19. The lowest BCUT2D eigenvalue weighted by Crippen LogP contribution is -2.37. The summed E-state index contributed by atoms with van der Waals surface area (Å²) in [7, 11) is 0. The zero-order chi connectivity index (χ0) is 13.9. The van der Waals surface area contributed by atoms with E-state index < -0.39 is 5.79 Å². The van der Waals surface area contributed by atoms with E-state index in [1.54, 1.807) is 0 Å². The molecule has 0 fully saturated rings. The largest absolute Gasteiger partial charge is 0.353 e. The fourth-order valence-corrected chi connectivity index (χ4v) is 2.02. The van der Waals surface area contributed by atoms with Crippen molar-refractivity contribution in [1.82, 2.24) is 0 Å². The number of hydrogen-bond donors (Lipinski definition) is 0. The monoisotopic (exact) mass is 262 g/mol. The van der Waals surface area contributed by atoms with E-state index in [2.05, 4.69) is 6.92 Å². The molecule has 0 saturated heterocycles. The van der Waals surface area contributed by atoms with E-state index in [1.807, 2.05) is 27.7 Å². The normalized spacial score (nSPS) is 12.3. The molecule has 0 spiro atoms. The van der Waals surface area contributed by atoms with Crippen LogP contribution in [0.5, 0.6) is 0 Å². The summed E-state index contributed by atoms with van der Waals surface area (Å²) in [4.78, 5) is 0. The molecule has 0 aromatic heterocycles. The minimum Gasteiger partial charge on any atom is -0.353 e. The molecule has 0 bridgehead atoms. The van der Waals surface area contributed by atoms with Gasteiger partial charge in [-0.05, 0) is 34.1 Å². The molecule has 0 N–H and O–H groups in total. The van der Waals surface area contributed by atoms with E-state index in [4.69, 9.17) is 18.9 Å². The molecule has 0 aliphatic rings. The second-order valence-corrected chi connectivity index (χ2v) is 4.01. The molecule has 0 aliphatic heterocycles. The summed E-state index contributed by atoms with van der Waals surface area (Å²) < 4.78 is 22.7. The Hall–Kier alpha value is -0.160. The van der Waals surface area contributed by atoms with Crippen molar-refractivity contribution in [3.63, 3.8) is 0 Å². The lowest BCUT2D eigenvalue weighted by atomic mass is 10.1. The lowest BCUT2D eigenvalue weighted by Gasteiger charge is -2.33. The molecule has 0 atom stereocenters. The second kappa shape index (κ2) is 10.7. The summed E-state index contributed by atoms with van der Waals surface area (Å²) in [6.07, 6.45) is 2.25. The highest BCUT2D eigenvalue weighted by molar-refractivity contribution is 4.69. The molecule has 4 nitrogen and oxygen atoms in total. The molecular formula is C14H30O4. The Labute approximate surface area is 112 Å². The van der Waals surface area contributed by atoms with Crippen LogP contribution in [0.4, 0.5) is 0 Å². The van der Waals surface area contributed by atoms with Crippen molar-refractivity contribution in [2.75, 3.05) is 26.4 Å². The first-order valence-corrected chi connectivity index (χ1v) is 7.19. The highest BCUT2D eigenvalue weighted by atomic mass is 16.7. The Morgan fingerprint density at radius 2 is 1.28 bits per heavy atom. The highest BCUT2D eigenvalue weighted by Gasteiger charge is 2.30. The Morgan fingerprint density at radius 3 is 1.61 bits per heavy atom. The van der Waals surface area contributed by atoms with Crippen molar-refractivity contribution < 1.29 is 18.9 Å². The predicted molar refractivity (Wildman–Crippen MR) is 72.5 cm³/mol. The van der Waals surface area contributed by atoms with E-state index >= 15 is 0 Å². The van der Waals surface area contributed by atoms with E-state index in [9.17, 15) is 0 Å². The maximum Gasteiger partial charge on any atom is 0.168 e. The molecule has 0 saturated carbocycles. The van der Waals surface area contributed by atoms with Gasteiger partial charge >= 0.3 is 0 Å². The third-order valence-electron chi connectivity index (χ3n) is 2.82. The molecule has 0 aromatic rings. The molecule has 110 valence electrons. The molecule has 4 heteroatoms. The van der Waals surface area contributed by atoms with Gasteiger partial charge in [-0.2, -0.15) is 0 Å². The van der Waals surface area contributed by atoms with Crippen LogP contribution in [0.1, 0.15) is 53.9 Å². The second-order valence-electron chi connectivity index (χ2n) is 4.01. The van der Waals surface area contributed by atoms with Gasteiger partial charge in [-0.3, -0.25) is 0 Å². The van der Waals surface area contributed by atoms with Gasteiger partial charge in [0.1, 0.15) is 0 Å². The van der Waals surface area contributed by atoms with E-state index in [1.165, 1.54) is 0 Å². The molecule has 0 rings (SSSR count). The van der Waals surface area contributed by atoms with Gasteiger partial charge in [-0.25, -0.2) is 0 Å². The third-order valence-corrected chi connectivity index (χ3v) is 2.82. The maximum atomic E-state index is 5.79. The van der Waals surface area contributed by atoms with Gasteiger partial charge in [-0.15, -0.1) is 0 Å². The lowest BCUT2D eigenvalue weighted by molar-refractivity contribution is -0.248. The van der Waals surface area contributed by atoms with Crippen LogP contribution in [0, 0.1) is 0 Å². The summed E-state index contributed by atoms with van der Waals surface area (Å²) >= 11 is 0. The van der Waals surface area contributed by atoms with Crippen LogP contribution in [-0.4, -0.2) is 38.5 Å². The topological polar surface area (TPSA) is 36.9 Å². The van der Waals surface area contributed by atoms with Crippen LogP contribution < -0.4 is 0 Å². The van der Waals surface area contributed by atoms with Crippen LogP contribution in [0.3, 0.4) is 0 Å². The van der Waals surface area contributed by atoms with Crippen molar-refractivity contribution in [2.45, 2.75) is 66.0 Å². The van der Waals surface area contributed by atoms with E-state index in [-0.39, 0.29) is 6.29 Å². The van der Waals surface area contributed by atoms with Gasteiger partial charge < -0.3 is 18.9 Å². The standard InChI is InChI=1S/C14H30O4/c1-6-14(17-9-4,18-10-5)12-11-13(15-7-2)16-8-3/h13H,6-12H2,1-5H3. The molecule has 0 heterocycles. The fourth-order valence-electron chi connectivity index (χ4n) is 2.02. The first-order chi connectivity index (χ1) is 8.67. The van der Waals surface area contributed by atoms with Gasteiger partial charge in [0.05, 0.1) is 0 Å². The molecule has 0 aromatic carbocycles. The number of rotatable bonds is 12. The zero-order valence-electron chi connectivity index (χ0n) is 12.7. The summed E-state index contributed by atoms with van der Waals surface area (Å²) in [5.74, 6) is -0.490. The Morgan fingerprint density at radius 1 is 0.778 bits per heavy atom. The zero-order valence-corrected chi connectivity index (χ0v) is 12.7. The minimum atomic E-state index is -0.490. The predicted octanol–water partition coefficient (Wildman–Crippen LogP) is 3.35. The van der Waals surface area contributed by atoms with Gasteiger partial charge in [-0.1, -0.05) is 6.92 Å². The maximum absolute atomic E-state index is 5.79. The van der Waals surface area contributed by atoms with Crippen LogP contribution in [-0.2, 0) is 18.9 Å². The Bertz CT molecular complexity index is 173. The van der Waals surface area contributed by atoms with Crippen molar-refractivity contribution >= 4 is 0 Å². The average Bonchev–Trinajstić information content (AvgIpc) is 2.37. The molecule has 0 radical (unpaired) electrons. The molecule has 0 unspecified atom stereocenters. The Kier molecular flexibility index (Phi) is 10.6. The van der Waals surface area contributed by atoms with Gasteiger partial charge in [0.15, 0.2) is 12.1 Å². The van der Waals surface area contributed by atoms with Crippen molar-refractivity contribution in [1.29, 1.82) is 0 Å². The van der Waals surface area contributed by atoms with Gasteiger partial charge in [0.25, 0.3) is 0 Å². The molecule has 18 heavy (non-hydrogen) atoms. The van der Waals surface area contributed by atoms with Crippen molar-refractivity contribution in [2.24, 2.45) is 0 Å². The third kappa shape index (κ3) is 6.69. The Balaban J connectivity index is 4.36. The average molecular weight is 262 g/mol. The SMILES string of the molecule is CCOC(CCC(CC)(OCC)OCC)OCC. The van der Waals surface area contributed by atoms with Crippen LogP contribution in [0.15, 0.2) is 0 Å². The highest BCUT2D eigenvalue weighted by Crippen LogP contribution is 2.26. The molecule has 0 amide bonds. The van der Waals surface area contributed by atoms with Crippen LogP contribution >= 0.6 is 0 Å². The summed E-state index contributed by atoms with van der Waals surface area (Å²) in [5.41, 5.74) is 0. The van der Waals surface area contributed by atoms with Crippen LogP contribution in [0.2, 0.25) is 0 Å². The van der Waals surface area contributed by atoms with E-state index in [0.717, 1.165) is 19.3 Å². The van der Waals surface area contributed by atoms with Crippen LogP contribution in [0.25, 0.3) is 0 Å². The van der Waals surface area contributed by atoms with E-state index in [0.29, 0.717) is 26.4 Å². The van der Waals surface area contributed by atoms with Gasteiger partial charge in [0.2, 0.25) is 0 Å². The quantitative estimate of drug-likeness (QED) is 0.505. The van der Waals surface area contributed by atoms with Crippen molar-refractivity contribution in [3.8, 4) is 0 Å². The number of ether oxygens (including phenoxy) is 4. The summed E-state index contributed by atoms with van der Waals surface area (Å²) in [6, 6.07) is 0. The minimum absolute atomic E-state index is 0.160. The smallest absolute Gasteiger partial charge is 0.168 e. The molecule has 0 aliphatic carbocycles. The first kappa shape index (κ1) is 17.8. The van der Waals surface area contributed by atoms with Crippen molar-refractivity contribution in [3.05, 3.63) is 0 Å². The molecular weight excluding hydrogens is 232 g/mol. The van der Waals surface area contributed by atoms with Gasteiger partial charge in [0, 0.05) is 39.3 Å². The summed E-state index contributed by atoms with van der Waals surface area (Å²) in [5, 5.41) is 0. The number of hydrogen-bond acceptors (Lipinski definition) is 4.